The highest BCUT2D eigenvalue weighted by Crippen LogP contribution is 2.37. The molecule has 0 aliphatic carbocycles. The van der Waals surface area contributed by atoms with Crippen LogP contribution in [-0.2, 0) is 16.1 Å². The quantitative estimate of drug-likeness (QED) is 0.445. The van der Waals surface area contributed by atoms with E-state index >= 15 is 0 Å². The van der Waals surface area contributed by atoms with Crippen LogP contribution in [0.2, 0.25) is 5.02 Å². The van der Waals surface area contributed by atoms with Crippen molar-refractivity contribution in [3.8, 4) is 22.8 Å². The van der Waals surface area contributed by atoms with Gasteiger partial charge in [-0.15, -0.1) is 0 Å². The highest BCUT2D eigenvalue weighted by atomic mass is 79.9. The van der Waals surface area contributed by atoms with Gasteiger partial charge < -0.3 is 23.9 Å². The molecule has 9 heteroatoms. The molecule has 0 saturated heterocycles. The fraction of sp³-hybridized carbons (Fsp3) is 0.273. The van der Waals surface area contributed by atoms with Crippen LogP contribution in [0.1, 0.15) is 12.5 Å². The van der Waals surface area contributed by atoms with Gasteiger partial charge in [-0.1, -0.05) is 11.6 Å². The third-order valence-corrected chi connectivity index (χ3v) is 5.37. The second-order valence-electron chi connectivity index (χ2n) is 6.51. The van der Waals surface area contributed by atoms with E-state index in [1.807, 2.05) is 6.07 Å². The number of fused-ring (bicyclic) bond motifs is 1. The van der Waals surface area contributed by atoms with Crippen LogP contribution in [-0.4, -0.2) is 33.3 Å². The van der Waals surface area contributed by atoms with Crippen LogP contribution in [0.15, 0.2) is 44.0 Å². The van der Waals surface area contributed by atoms with E-state index in [9.17, 15) is 9.59 Å². The largest absolute Gasteiger partial charge is 0.495 e. The minimum absolute atomic E-state index is 0.0669. The van der Waals surface area contributed by atoms with E-state index < -0.39 is 0 Å². The first kappa shape index (κ1) is 23.1. The first-order chi connectivity index (χ1) is 14.9. The van der Waals surface area contributed by atoms with Gasteiger partial charge in [-0.2, -0.15) is 0 Å². The van der Waals surface area contributed by atoms with Crippen LogP contribution in [0.3, 0.4) is 0 Å². The van der Waals surface area contributed by atoms with E-state index in [0.29, 0.717) is 44.9 Å². The summed E-state index contributed by atoms with van der Waals surface area (Å²) in [6, 6.07) is 8.60. The molecule has 1 aromatic heterocycles. The summed E-state index contributed by atoms with van der Waals surface area (Å²) in [6.45, 7) is 2.51. The highest BCUT2D eigenvalue weighted by Gasteiger charge is 2.20. The zero-order chi connectivity index (χ0) is 22.5. The van der Waals surface area contributed by atoms with Gasteiger partial charge in [0.15, 0.2) is 11.3 Å². The zero-order valence-corrected chi connectivity index (χ0v) is 19.6. The Bertz CT molecular complexity index is 1180. The van der Waals surface area contributed by atoms with E-state index in [0.717, 1.165) is 5.56 Å². The lowest BCUT2D eigenvalue weighted by molar-refractivity contribution is -0.142. The molecule has 0 radical (unpaired) electrons. The molecule has 0 unspecified atom stereocenters. The average molecular weight is 511 g/mol. The van der Waals surface area contributed by atoms with Gasteiger partial charge in [0.1, 0.15) is 5.75 Å². The number of methoxy groups -OCH3 is 2. The summed E-state index contributed by atoms with van der Waals surface area (Å²) in [5.41, 5.74) is 1.42. The second-order valence-corrected chi connectivity index (χ2v) is 7.77. The van der Waals surface area contributed by atoms with Gasteiger partial charge in [0.2, 0.25) is 11.2 Å². The van der Waals surface area contributed by atoms with Crippen LogP contribution in [0.5, 0.6) is 11.5 Å². The molecular weight excluding hydrogens is 490 g/mol. The molecule has 0 fully saturated rings. The molecule has 0 atom stereocenters. The Morgan fingerprint density at radius 3 is 2.61 bits per heavy atom. The van der Waals surface area contributed by atoms with Crippen LogP contribution >= 0.6 is 27.5 Å². The highest BCUT2D eigenvalue weighted by molar-refractivity contribution is 9.10. The maximum absolute atomic E-state index is 13.2. The Balaban J connectivity index is 2.03. The van der Waals surface area contributed by atoms with Crippen molar-refractivity contribution in [1.82, 2.24) is 5.32 Å². The predicted octanol–water partition coefficient (Wildman–Crippen LogP) is 4.55. The topological polar surface area (TPSA) is 87.0 Å². The third kappa shape index (κ3) is 5.03. The molecule has 0 saturated carbocycles. The van der Waals surface area contributed by atoms with Crippen molar-refractivity contribution in [3.63, 3.8) is 0 Å². The number of ether oxygens (including phenoxy) is 3. The zero-order valence-electron chi connectivity index (χ0n) is 17.2. The summed E-state index contributed by atoms with van der Waals surface area (Å²) in [5.74, 6) is 0.496. The van der Waals surface area contributed by atoms with Crippen molar-refractivity contribution in [1.29, 1.82) is 0 Å². The number of rotatable bonds is 8. The van der Waals surface area contributed by atoms with Crippen molar-refractivity contribution in [3.05, 3.63) is 55.6 Å². The minimum Gasteiger partial charge on any atom is -0.495 e. The molecule has 0 aliphatic heterocycles. The number of nitrogens with one attached hydrogen (secondary N) is 1. The normalized spacial score (nSPS) is 10.9. The fourth-order valence-electron chi connectivity index (χ4n) is 3.10. The van der Waals surface area contributed by atoms with Crippen LogP contribution in [0.25, 0.3) is 22.3 Å². The maximum atomic E-state index is 13.2. The molecule has 1 heterocycles. The number of esters is 1. The minimum atomic E-state index is -0.341. The molecule has 1 N–H and O–H groups in total. The number of benzene rings is 2. The lowest BCUT2D eigenvalue weighted by Crippen LogP contribution is -2.24. The van der Waals surface area contributed by atoms with Crippen LogP contribution < -0.4 is 20.2 Å². The summed E-state index contributed by atoms with van der Waals surface area (Å²) in [6.07, 6.45) is 0. The van der Waals surface area contributed by atoms with Gasteiger partial charge in [-0.3, -0.25) is 9.59 Å². The molecule has 164 valence electrons. The van der Waals surface area contributed by atoms with Gasteiger partial charge >= 0.3 is 5.97 Å². The maximum Gasteiger partial charge on any atom is 0.319 e. The van der Waals surface area contributed by atoms with E-state index in [1.165, 1.54) is 14.2 Å². The molecule has 0 amide bonds. The van der Waals surface area contributed by atoms with Crippen molar-refractivity contribution in [2.75, 3.05) is 27.4 Å². The Kier molecular flexibility index (Phi) is 7.59. The molecule has 0 spiro atoms. The summed E-state index contributed by atoms with van der Waals surface area (Å²) >= 11 is 9.72. The lowest BCUT2D eigenvalue weighted by atomic mass is 10.1. The van der Waals surface area contributed by atoms with E-state index in [-0.39, 0.29) is 29.5 Å². The van der Waals surface area contributed by atoms with Crippen molar-refractivity contribution < 1.29 is 23.4 Å². The molecule has 2 aromatic carbocycles. The Morgan fingerprint density at radius 2 is 1.97 bits per heavy atom. The summed E-state index contributed by atoms with van der Waals surface area (Å²) in [5, 5.41) is 3.73. The summed E-state index contributed by atoms with van der Waals surface area (Å²) < 4.78 is 22.1. The Hall–Kier alpha value is -2.55. The molecule has 0 bridgehead atoms. The third-order valence-electron chi connectivity index (χ3n) is 4.49. The Morgan fingerprint density at radius 1 is 1.19 bits per heavy atom. The SMILES string of the molecule is CCOC(=O)CNCc1cc(Br)c2oc(-c3ccc(OC)c(Cl)c3)c(OC)c(=O)c2c1. The van der Waals surface area contributed by atoms with E-state index in [2.05, 4.69) is 21.2 Å². The first-order valence-corrected chi connectivity index (χ1v) is 10.6. The number of hydrogen-bond donors (Lipinski definition) is 1. The van der Waals surface area contributed by atoms with Crippen LogP contribution in [0, 0.1) is 0 Å². The fourth-order valence-corrected chi connectivity index (χ4v) is 3.95. The van der Waals surface area contributed by atoms with Crippen molar-refractivity contribution in [2.45, 2.75) is 13.5 Å². The van der Waals surface area contributed by atoms with Gasteiger partial charge in [0, 0.05) is 12.1 Å². The van der Waals surface area contributed by atoms with Gasteiger partial charge in [-0.25, -0.2) is 0 Å². The number of halogens is 2. The summed E-state index contributed by atoms with van der Waals surface area (Å²) in [7, 11) is 2.93. The molecule has 0 aliphatic rings. The smallest absolute Gasteiger partial charge is 0.319 e. The van der Waals surface area contributed by atoms with Crippen molar-refractivity contribution >= 4 is 44.5 Å². The molecule has 3 rings (SSSR count). The second kappa shape index (κ2) is 10.2. The monoisotopic (exact) mass is 509 g/mol. The molecular formula is C22H21BrClNO6. The van der Waals surface area contributed by atoms with Gasteiger partial charge in [-0.05, 0) is 58.7 Å². The first-order valence-electron chi connectivity index (χ1n) is 9.43. The van der Waals surface area contributed by atoms with E-state index in [1.54, 1.807) is 31.2 Å². The Labute approximate surface area is 192 Å². The molecule has 7 nitrogen and oxygen atoms in total. The predicted molar refractivity (Wildman–Crippen MR) is 122 cm³/mol. The standard InChI is InChI=1S/C22H21BrClNO6/c1-4-30-18(26)11-25-10-12-7-14-19(27)22(29-3)20(31-21(14)15(23)8-12)13-5-6-17(28-2)16(24)9-13/h5-9,25H,4,10-11H2,1-3H3. The summed E-state index contributed by atoms with van der Waals surface area (Å²) in [4.78, 5) is 24.7. The molecule has 31 heavy (non-hydrogen) atoms. The van der Waals surface area contributed by atoms with Crippen molar-refractivity contribution in [2.24, 2.45) is 0 Å². The average Bonchev–Trinajstić information content (AvgIpc) is 2.74. The van der Waals surface area contributed by atoms with Gasteiger partial charge in [0.05, 0.1) is 42.3 Å². The van der Waals surface area contributed by atoms with E-state index in [4.69, 9.17) is 30.2 Å². The van der Waals surface area contributed by atoms with Gasteiger partial charge in [0.25, 0.3) is 0 Å². The number of carbonyl (C=O) groups is 1. The lowest BCUT2D eigenvalue weighted by Gasteiger charge is -2.12. The number of carbonyl (C=O) groups excluding carboxylic acids is 1. The number of hydrogen-bond acceptors (Lipinski definition) is 7. The van der Waals surface area contributed by atoms with Crippen LogP contribution in [0.4, 0.5) is 0 Å². The molecule has 3 aromatic rings.